The molecule has 0 saturated carbocycles. The van der Waals surface area contributed by atoms with Gasteiger partial charge in [0.2, 0.25) is 5.91 Å². The first-order valence-electron chi connectivity index (χ1n) is 8.55. The van der Waals surface area contributed by atoms with Crippen molar-refractivity contribution in [3.8, 4) is 0 Å². The predicted molar refractivity (Wildman–Crippen MR) is 85.6 cm³/mol. The van der Waals surface area contributed by atoms with Crippen LogP contribution < -0.4 is 5.32 Å². The molecular formula is C18H23F3N2O. The lowest BCUT2D eigenvalue weighted by Gasteiger charge is -2.29. The number of carbonyl (C=O) groups excluding carboxylic acids is 1. The molecule has 1 amide bonds. The van der Waals surface area contributed by atoms with Crippen molar-refractivity contribution in [3.05, 3.63) is 35.4 Å². The molecule has 2 aliphatic heterocycles. The molecule has 6 heteroatoms. The first-order chi connectivity index (χ1) is 11.4. The Balaban J connectivity index is 1.70. The minimum Gasteiger partial charge on any atom is -0.335 e. The fraction of sp³-hybridized carbons (Fsp3) is 0.611. The average molecular weight is 340 g/mol. The predicted octanol–water partition coefficient (Wildman–Crippen LogP) is 3.55. The maximum Gasteiger partial charge on any atom is 0.416 e. The third-order valence-electron chi connectivity index (χ3n) is 5.21. The first kappa shape index (κ1) is 17.3. The highest BCUT2D eigenvalue weighted by molar-refractivity contribution is 5.78. The molecule has 1 aromatic rings. The minimum absolute atomic E-state index is 0.0658. The molecule has 2 fully saturated rings. The van der Waals surface area contributed by atoms with Crippen LogP contribution in [0.2, 0.25) is 0 Å². The van der Waals surface area contributed by atoms with Crippen molar-refractivity contribution in [1.29, 1.82) is 0 Å². The van der Waals surface area contributed by atoms with Crippen molar-refractivity contribution in [2.45, 2.75) is 56.8 Å². The minimum atomic E-state index is -4.35. The number of alkyl halides is 3. The van der Waals surface area contributed by atoms with E-state index < -0.39 is 11.7 Å². The van der Waals surface area contributed by atoms with Crippen LogP contribution in [0.1, 0.15) is 49.7 Å². The van der Waals surface area contributed by atoms with Crippen LogP contribution in [0.25, 0.3) is 0 Å². The van der Waals surface area contributed by atoms with Gasteiger partial charge in [0.05, 0.1) is 5.56 Å². The Kier molecular flexibility index (Phi) is 4.85. The molecule has 2 aliphatic rings. The molecule has 0 radical (unpaired) electrons. The van der Waals surface area contributed by atoms with Gasteiger partial charge in [0.25, 0.3) is 0 Å². The van der Waals surface area contributed by atoms with Gasteiger partial charge < -0.3 is 10.2 Å². The highest BCUT2D eigenvalue weighted by Gasteiger charge is 2.38. The van der Waals surface area contributed by atoms with Crippen molar-refractivity contribution in [3.63, 3.8) is 0 Å². The van der Waals surface area contributed by atoms with E-state index >= 15 is 0 Å². The van der Waals surface area contributed by atoms with E-state index in [1.807, 2.05) is 11.8 Å². The fourth-order valence-electron chi connectivity index (χ4n) is 3.90. The van der Waals surface area contributed by atoms with Crippen LogP contribution >= 0.6 is 0 Å². The second-order valence-corrected chi connectivity index (χ2v) is 6.91. The molecule has 0 spiro atoms. The number of nitrogens with zero attached hydrogens (tertiary/aromatic N) is 1. The number of benzene rings is 1. The number of nitrogens with one attached hydrogen (secondary N) is 1. The van der Waals surface area contributed by atoms with E-state index in [-0.39, 0.29) is 30.3 Å². The molecule has 0 aromatic heterocycles. The molecule has 3 atom stereocenters. The van der Waals surface area contributed by atoms with Crippen LogP contribution in [-0.4, -0.2) is 36.0 Å². The van der Waals surface area contributed by atoms with Crippen LogP contribution in [0.5, 0.6) is 0 Å². The number of rotatable bonds is 3. The largest absolute Gasteiger partial charge is 0.416 e. The van der Waals surface area contributed by atoms with Crippen LogP contribution in [0.15, 0.2) is 24.3 Å². The zero-order valence-corrected chi connectivity index (χ0v) is 13.8. The number of hydrogen-bond acceptors (Lipinski definition) is 2. The number of fused-ring (bicyclic) bond motifs is 2. The van der Waals surface area contributed by atoms with Gasteiger partial charge in [-0.1, -0.05) is 25.1 Å². The number of hydrogen-bond donors (Lipinski definition) is 1. The molecule has 1 N–H and O–H groups in total. The van der Waals surface area contributed by atoms with Crippen molar-refractivity contribution in [2.75, 3.05) is 13.1 Å². The van der Waals surface area contributed by atoms with Gasteiger partial charge in [0.15, 0.2) is 0 Å². The van der Waals surface area contributed by atoms with Crippen LogP contribution in [0.4, 0.5) is 13.2 Å². The SMILES string of the molecule is CC(CC(=O)N1C2CCNCC1CC2)c1cccc(C(F)(F)F)c1. The Morgan fingerprint density at radius 1 is 1.29 bits per heavy atom. The first-order valence-corrected chi connectivity index (χ1v) is 8.55. The van der Waals surface area contributed by atoms with Crippen molar-refractivity contribution >= 4 is 5.91 Å². The molecule has 24 heavy (non-hydrogen) atoms. The van der Waals surface area contributed by atoms with Gasteiger partial charge in [-0.3, -0.25) is 4.79 Å². The quantitative estimate of drug-likeness (QED) is 0.913. The topological polar surface area (TPSA) is 32.3 Å². The highest BCUT2D eigenvalue weighted by atomic mass is 19.4. The van der Waals surface area contributed by atoms with E-state index in [0.717, 1.165) is 44.5 Å². The van der Waals surface area contributed by atoms with Crippen molar-refractivity contribution in [1.82, 2.24) is 10.2 Å². The molecule has 2 saturated heterocycles. The van der Waals surface area contributed by atoms with Crippen molar-refractivity contribution in [2.24, 2.45) is 0 Å². The van der Waals surface area contributed by atoms with Gasteiger partial charge in [-0.2, -0.15) is 13.2 Å². The second-order valence-electron chi connectivity index (χ2n) is 6.91. The standard InChI is InChI=1S/C18H23F3N2O/c1-12(13-3-2-4-14(10-13)18(19,20)21)9-17(24)23-15-5-6-16(23)11-22-8-7-15/h2-4,10,12,15-16,22H,5-9,11H2,1H3. The Labute approximate surface area is 140 Å². The zero-order chi connectivity index (χ0) is 17.3. The second kappa shape index (κ2) is 6.75. The average Bonchev–Trinajstić information content (AvgIpc) is 2.79. The van der Waals surface area contributed by atoms with Gasteiger partial charge in [-0.05, 0) is 43.4 Å². The lowest BCUT2D eigenvalue weighted by molar-refractivity contribution is -0.137. The number of amides is 1. The third kappa shape index (κ3) is 3.58. The van der Waals surface area contributed by atoms with E-state index in [4.69, 9.17) is 0 Å². The number of carbonyl (C=O) groups is 1. The van der Waals surface area contributed by atoms with Crippen molar-refractivity contribution < 1.29 is 18.0 Å². The van der Waals surface area contributed by atoms with Crippen LogP contribution in [0, 0.1) is 0 Å². The normalized spacial score (nSPS) is 25.4. The fourth-order valence-corrected chi connectivity index (χ4v) is 3.90. The molecule has 3 unspecified atom stereocenters. The molecule has 2 heterocycles. The van der Waals surface area contributed by atoms with Crippen LogP contribution in [0.3, 0.4) is 0 Å². The van der Waals surface area contributed by atoms with E-state index in [9.17, 15) is 18.0 Å². The summed E-state index contributed by atoms with van der Waals surface area (Å²) in [4.78, 5) is 14.7. The van der Waals surface area contributed by atoms with Gasteiger partial charge in [-0.15, -0.1) is 0 Å². The summed E-state index contributed by atoms with van der Waals surface area (Å²) in [7, 11) is 0. The van der Waals surface area contributed by atoms with Gasteiger partial charge in [-0.25, -0.2) is 0 Å². The zero-order valence-electron chi connectivity index (χ0n) is 13.8. The van der Waals surface area contributed by atoms with E-state index in [1.165, 1.54) is 6.07 Å². The Bertz CT molecular complexity index is 588. The summed E-state index contributed by atoms with van der Waals surface area (Å²) in [5, 5.41) is 3.35. The summed E-state index contributed by atoms with van der Waals surface area (Å²) in [6.07, 6.45) is -1.08. The molecular weight excluding hydrogens is 317 g/mol. The molecule has 0 aliphatic carbocycles. The summed E-state index contributed by atoms with van der Waals surface area (Å²) in [5.41, 5.74) is -0.0863. The Morgan fingerprint density at radius 3 is 2.79 bits per heavy atom. The lowest BCUT2D eigenvalue weighted by Crippen LogP contribution is -2.42. The molecule has 3 nitrogen and oxygen atoms in total. The third-order valence-corrected chi connectivity index (χ3v) is 5.21. The van der Waals surface area contributed by atoms with E-state index in [2.05, 4.69) is 5.32 Å². The lowest BCUT2D eigenvalue weighted by atomic mass is 9.95. The van der Waals surface area contributed by atoms with Gasteiger partial charge in [0.1, 0.15) is 0 Å². The number of halogens is 3. The molecule has 1 aromatic carbocycles. The molecule has 132 valence electrons. The maximum absolute atomic E-state index is 12.9. The summed E-state index contributed by atoms with van der Waals surface area (Å²) in [5.74, 6) is -0.161. The summed E-state index contributed by atoms with van der Waals surface area (Å²) in [6.45, 7) is 3.57. The van der Waals surface area contributed by atoms with Gasteiger partial charge >= 0.3 is 6.18 Å². The summed E-state index contributed by atoms with van der Waals surface area (Å²) >= 11 is 0. The molecule has 2 bridgehead atoms. The van der Waals surface area contributed by atoms with E-state index in [1.54, 1.807) is 6.07 Å². The smallest absolute Gasteiger partial charge is 0.335 e. The molecule has 3 rings (SSSR count). The highest BCUT2D eigenvalue weighted by Crippen LogP contribution is 2.33. The summed E-state index contributed by atoms with van der Waals surface area (Å²) in [6, 6.07) is 5.84. The van der Waals surface area contributed by atoms with Gasteiger partial charge in [0, 0.05) is 25.0 Å². The monoisotopic (exact) mass is 340 g/mol. The maximum atomic E-state index is 12.9. The Hall–Kier alpha value is -1.56. The van der Waals surface area contributed by atoms with E-state index in [0.29, 0.717) is 5.56 Å². The van der Waals surface area contributed by atoms with Crippen LogP contribution in [-0.2, 0) is 11.0 Å². The summed E-state index contributed by atoms with van der Waals surface area (Å²) < 4.78 is 38.6. The Morgan fingerprint density at radius 2 is 2.04 bits per heavy atom.